The molecular formula is C21H24N4O3. The molecule has 3 aromatic rings. The molecule has 0 bridgehead atoms. The minimum Gasteiger partial charge on any atom is -0.392 e. The van der Waals surface area contributed by atoms with E-state index in [1.807, 2.05) is 36.4 Å². The highest BCUT2D eigenvalue weighted by molar-refractivity contribution is 5.76. The zero-order valence-electron chi connectivity index (χ0n) is 15.7. The summed E-state index contributed by atoms with van der Waals surface area (Å²) < 4.78 is 0. The van der Waals surface area contributed by atoms with Gasteiger partial charge in [-0.1, -0.05) is 42.5 Å². The number of hydrogen-bond acceptors (Lipinski definition) is 6. The number of hydrogen-bond donors (Lipinski definition) is 1. The zero-order chi connectivity index (χ0) is 19.4. The lowest BCUT2D eigenvalue weighted by Crippen LogP contribution is -2.43. The molecule has 1 aromatic heterocycles. The van der Waals surface area contributed by atoms with Crippen molar-refractivity contribution in [1.29, 1.82) is 0 Å². The van der Waals surface area contributed by atoms with Crippen LogP contribution in [0, 0.1) is 0 Å². The first-order valence-electron chi connectivity index (χ1n) is 9.64. The van der Waals surface area contributed by atoms with Crippen LogP contribution in [0.25, 0.3) is 10.9 Å². The highest BCUT2D eigenvalue weighted by Gasteiger charge is 2.33. The molecule has 0 amide bonds. The fourth-order valence-corrected chi connectivity index (χ4v) is 3.68. The first kappa shape index (κ1) is 18.6. The smallest absolute Gasteiger partial charge is 0.314 e. The maximum absolute atomic E-state index is 12.3. The molecule has 0 radical (unpaired) electrons. The van der Waals surface area contributed by atoms with Gasteiger partial charge in [0.15, 0.2) is 0 Å². The fraction of sp³-hybridized carbons (Fsp3) is 0.381. The van der Waals surface area contributed by atoms with Crippen LogP contribution in [0.15, 0.2) is 59.4 Å². The minimum absolute atomic E-state index is 0.295. The largest absolute Gasteiger partial charge is 0.392 e. The van der Waals surface area contributed by atoms with Gasteiger partial charge in [0.05, 0.1) is 11.0 Å². The quantitative estimate of drug-likeness (QED) is 0.654. The molecule has 0 aliphatic carbocycles. The lowest BCUT2D eigenvalue weighted by atomic mass is 9.84. The van der Waals surface area contributed by atoms with Crippen molar-refractivity contribution in [2.24, 2.45) is 0 Å². The zero-order valence-corrected chi connectivity index (χ0v) is 15.7. The van der Waals surface area contributed by atoms with Crippen molar-refractivity contribution in [3.8, 4) is 0 Å². The van der Waals surface area contributed by atoms with Gasteiger partial charge in [0.1, 0.15) is 12.1 Å². The van der Waals surface area contributed by atoms with E-state index in [2.05, 4.69) is 15.2 Å². The van der Waals surface area contributed by atoms with Gasteiger partial charge in [0.25, 0.3) is 0 Å². The predicted octanol–water partition coefficient (Wildman–Crippen LogP) is 1.59. The molecule has 7 nitrogen and oxygen atoms in total. The number of nitrogens with zero attached hydrogens (tertiary/aromatic N) is 4. The monoisotopic (exact) mass is 380 g/mol. The topological polar surface area (TPSA) is 80.5 Å². The van der Waals surface area contributed by atoms with Crippen LogP contribution in [-0.4, -0.2) is 51.4 Å². The molecule has 4 rings (SSSR count). The number of fused-ring (bicyclic) bond motifs is 1. The molecule has 0 saturated carbocycles. The molecule has 0 atom stereocenters. The second-order valence-electron chi connectivity index (χ2n) is 7.21. The van der Waals surface area contributed by atoms with Gasteiger partial charge >= 0.3 is 5.56 Å². The molecule has 1 aliphatic heterocycles. The second-order valence-corrected chi connectivity index (χ2v) is 7.21. The van der Waals surface area contributed by atoms with Crippen LogP contribution < -0.4 is 10.4 Å². The van der Waals surface area contributed by atoms with Crippen LogP contribution in [0.1, 0.15) is 24.8 Å². The summed E-state index contributed by atoms with van der Waals surface area (Å²) in [6.45, 7) is 2.90. The summed E-state index contributed by atoms with van der Waals surface area (Å²) in [7, 11) is 0. The van der Waals surface area contributed by atoms with E-state index in [-0.39, 0.29) is 5.56 Å². The Bertz CT molecular complexity index is 982. The van der Waals surface area contributed by atoms with Crippen molar-refractivity contribution in [1.82, 2.24) is 20.1 Å². The minimum atomic E-state index is -0.734. The maximum Gasteiger partial charge on any atom is 0.314 e. The Morgan fingerprint density at radius 2 is 1.75 bits per heavy atom. The number of piperidine rings is 1. The van der Waals surface area contributed by atoms with Crippen LogP contribution in [0.3, 0.4) is 0 Å². The average Bonchev–Trinajstić information content (AvgIpc) is 2.75. The van der Waals surface area contributed by atoms with Gasteiger partial charge in [-0.05, 0) is 47.0 Å². The number of aromatic nitrogens is 3. The first-order valence-corrected chi connectivity index (χ1v) is 9.64. The van der Waals surface area contributed by atoms with Crippen LogP contribution in [0.2, 0.25) is 0 Å². The van der Waals surface area contributed by atoms with Crippen LogP contribution in [0.5, 0.6) is 0 Å². The van der Waals surface area contributed by atoms with Gasteiger partial charge in [-0.15, -0.1) is 5.10 Å². The summed E-state index contributed by atoms with van der Waals surface area (Å²) in [4.78, 5) is 21.1. The van der Waals surface area contributed by atoms with Crippen LogP contribution in [-0.2, 0) is 5.60 Å². The molecule has 1 N–H and O–H groups in total. The van der Waals surface area contributed by atoms with Crippen molar-refractivity contribution < 1.29 is 9.94 Å². The number of aliphatic hydroxyl groups is 1. The number of benzene rings is 2. The number of rotatable bonds is 6. The van der Waals surface area contributed by atoms with Gasteiger partial charge in [0, 0.05) is 19.6 Å². The highest BCUT2D eigenvalue weighted by Crippen LogP contribution is 2.32. The fourth-order valence-electron chi connectivity index (χ4n) is 3.68. The highest BCUT2D eigenvalue weighted by atomic mass is 16.7. The summed E-state index contributed by atoms with van der Waals surface area (Å²) in [5, 5.41) is 19.2. The molecule has 2 aromatic carbocycles. The van der Waals surface area contributed by atoms with Crippen molar-refractivity contribution in [3.05, 3.63) is 70.5 Å². The van der Waals surface area contributed by atoms with Crippen LogP contribution >= 0.6 is 0 Å². The van der Waals surface area contributed by atoms with Gasteiger partial charge in [-0.2, -0.15) is 0 Å². The van der Waals surface area contributed by atoms with Gasteiger partial charge in [-0.25, -0.2) is 0 Å². The summed E-state index contributed by atoms with van der Waals surface area (Å²) in [5.41, 5.74) is 0.526. The van der Waals surface area contributed by atoms with E-state index in [1.54, 1.807) is 18.2 Å². The third kappa shape index (κ3) is 3.90. The third-order valence-corrected chi connectivity index (χ3v) is 5.37. The standard InChI is InChI=1S/C21H24N4O3/c26-20-18-9-4-5-10-19(18)22-23-25(20)28-16-6-13-24-14-11-21(27,12-15-24)17-7-2-1-3-8-17/h1-5,7-10,27H,6,11-16H2. The van der Waals surface area contributed by atoms with E-state index in [0.717, 1.165) is 36.5 Å². The molecule has 146 valence electrons. The molecule has 1 aliphatic rings. The second kappa shape index (κ2) is 8.08. The SMILES string of the molecule is O=c1c2ccccc2nnn1OCCCN1CCC(O)(c2ccccc2)CC1. The van der Waals surface area contributed by atoms with Crippen LogP contribution in [0.4, 0.5) is 0 Å². The van der Waals surface area contributed by atoms with E-state index in [0.29, 0.717) is 30.4 Å². The summed E-state index contributed by atoms with van der Waals surface area (Å²) in [6, 6.07) is 17.0. The van der Waals surface area contributed by atoms with Gasteiger partial charge < -0.3 is 14.8 Å². The summed E-state index contributed by atoms with van der Waals surface area (Å²) in [5.74, 6) is 0. The molecule has 1 saturated heterocycles. The van der Waals surface area contributed by atoms with Crippen molar-refractivity contribution in [2.45, 2.75) is 24.9 Å². The number of likely N-dealkylation sites (tertiary alicyclic amines) is 1. The normalized spacial score (nSPS) is 16.9. The first-order chi connectivity index (χ1) is 13.7. The van der Waals surface area contributed by atoms with Crippen molar-refractivity contribution >= 4 is 10.9 Å². The molecule has 2 heterocycles. The molecular weight excluding hydrogens is 356 g/mol. The van der Waals surface area contributed by atoms with E-state index in [9.17, 15) is 9.90 Å². The predicted molar refractivity (Wildman–Crippen MR) is 106 cm³/mol. The Morgan fingerprint density at radius 1 is 1.04 bits per heavy atom. The van der Waals surface area contributed by atoms with Gasteiger partial charge in [0.2, 0.25) is 0 Å². The Morgan fingerprint density at radius 3 is 2.54 bits per heavy atom. The lowest BCUT2D eigenvalue weighted by Gasteiger charge is -2.38. The molecule has 7 heteroatoms. The van der Waals surface area contributed by atoms with Gasteiger partial charge in [-0.3, -0.25) is 4.79 Å². The maximum atomic E-state index is 12.3. The molecule has 1 fully saturated rings. The lowest BCUT2D eigenvalue weighted by molar-refractivity contribution is -0.0280. The van der Waals surface area contributed by atoms with E-state index in [1.165, 1.54) is 0 Å². The Balaban J connectivity index is 1.26. The van der Waals surface area contributed by atoms with E-state index in [4.69, 9.17) is 4.84 Å². The molecule has 0 unspecified atom stereocenters. The summed E-state index contributed by atoms with van der Waals surface area (Å²) >= 11 is 0. The Labute approximate surface area is 163 Å². The Hall–Kier alpha value is -2.77. The summed E-state index contributed by atoms with van der Waals surface area (Å²) in [6.07, 6.45) is 2.20. The van der Waals surface area contributed by atoms with E-state index < -0.39 is 5.60 Å². The van der Waals surface area contributed by atoms with Crippen molar-refractivity contribution in [2.75, 3.05) is 26.2 Å². The molecule has 0 spiro atoms. The van der Waals surface area contributed by atoms with E-state index >= 15 is 0 Å². The molecule has 28 heavy (non-hydrogen) atoms. The van der Waals surface area contributed by atoms with Crippen molar-refractivity contribution in [3.63, 3.8) is 0 Å². The Kier molecular flexibility index (Phi) is 5.36. The average molecular weight is 380 g/mol. The third-order valence-electron chi connectivity index (χ3n) is 5.37.